The number of phenolic OH excluding ortho intramolecular Hbond substituents is 1. The number of rotatable bonds is 5. The molecule has 1 aromatic carbocycles. The second-order valence-electron chi connectivity index (χ2n) is 3.94. The van der Waals surface area contributed by atoms with Crippen molar-refractivity contribution in [1.29, 1.82) is 0 Å². The Morgan fingerprint density at radius 1 is 1.33 bits per heavy atom. The summed E-state index contributed by atoms with van der Waals surface area (Å²) in [6.45, 7) is 3.75. The van der Waals surface area contributed by atoms with Crippen molar-refractivity contribution >= 4 is 5.78 Å². The minimum absolute atomic E-state index is 0.243. The smallest absolute Gasteiger partial charge is 0.129 e. The lowest BCUT2D eigenvalue weighted by Crippen LogP contribution is -2.00. The Kier molecular flexibility index (Phi) is 4.35. The van der Waals surface area contributed by atoms with Crippen LogP contribution in [0.3, 0.4) is 0 Å². The number of hydrogen-bond acceptors (Lipinski definition) is 2. The quantitative estimate of drug-likeness (QED) is 0.802. The number of ketones is 1. The first-order valence-electron chi connectivity index (χ1n) is 5.41. The predicted octanol–water partition coefficient (Wildman–Crippen LogP) is 3.26. The molecule has 1 rings (SSSR count). The molecular formula is C13H18O2. The van der Waals surface area contributed by atoms with Crippen LogP contribution in [0.25, 0.3) is 0 Å². The van der Waals surface area contributed by atoms with Crippen LogP contribution < -0.4 is 0 Å². The molecule has 0 bridgehead atoms. The fraction of sp³-hybridized carbons (Fsp3) is 0.462. The van der Waals surface area contributed by atoms with E-state index >= 15 is 0 Å². The molecule has 0 spiro atoms. The highest BCUT2D eigenvalue weighted by molar-refractivity contribution is 5.75. The average Bonchev–Trinajstić information content (AvgIpc) is 2.21. The molecule has 1 N–H and O–H groups in total. The van der Waals surface area contributed by atoms with Crippen LogP contribution in [-0.4, -0.2) is 10.9 Å². The topological polar surface area (TPSA) is 37.3 Å². The fourth-order valence-corrected chi connectivity index (χ4v) is 1.73. The van der Waals surface area contributed by atoms with Crippen molar-refractivity contribution in [2.24, 2.45) is 0 Å². The maximum absolute atomic E-state index is 10.9. The second-order valence-corrected chi connectivity index (χ2v) is 3.94. The van der Waals surface area contributed by atoms with Crippen LogP contribution in [0.4, 0.5) is 0 Å². The molecule has 0 amide bonds. The van der Waals surface area contributed by atoms with E-state index in [9.17, 15) is 9.90 Å². The molecule has 0 saturated heterocycles. The van der Waals surface area contributed by atoms with Crippen molar-refractivity contribution in [3.8, 4) is 5.75 Å². The van der Waals surface area contributed by atoms with Gasteiger partial charge in [-0.05, 0) is 43.4 Å². The summed E-state index contributed by atoms with van der Waals surface area (Å²) in [6, 6.07) is 7.27. The summed E-state index contributed by atoms with van der Waals surface area (Å²) in [7, 11) is 0. The van der Waals surface area contributed by atoms with Crippen LogP contribution in [0, 0.1) is 0 Å². The predicted molar refractivity (Wildman–Crippen MR) is 61.1 cm³/mol. The van der Waals surface area contributed by atoms with Gasteiger partial charge in [-0.15, -0.1) is 0 Å². The van der Waals surface area contributed by atoms with E-state index in [2.05, 4.69) is 6.92 Å². The normalized spacial score (nSPS) is 12.4. The van der Waals surface area contributed by atoms with E-state index in [1.165, 1.54) is 5.56 Å². The lowest BCUT2D eigenvalue weighted by molar-refractivity contribution is -0.117. The first-order valence-corrected chi connectivity index (χ1v) is 5.41. The molecule has 82 valence electrons. The highest BCUT2D eigenvalue weighted by Crippen LogP contribution is 2.26. The van der Waals surface area contributed by atoms with Gasteiger partial charge < -0.3 is 9.90 Å². The molecule has 15 heavy (non-hydrogen) atoms. The summed E-state index contributed by atoms with van der Waals surface area (Å²) >= 11 is 0. The first kappa shape index (κ1) is 11.8. The van der Waals surface area contributed by atoms with Crippen molar-refractivity contribution in [3.63, 3.8) is 0 Å². The minimum Gasteiger partial charge on any atom is -0.508 e. The van der Waals surface area contributed by atoms with E-state index in [1.807, 2.05) is 12.1 Å². The summed E-state index contributed by atoms with van der Waals surface area (Å²) in [5.74, 6) is 0.960. The van der Waals surface area contributed by atoms with Gasteiger partial charge >= 0.3 is 0 Å². The Labute approximate surface area is 90.9 Å². The summed E-state index contributed by atoms with van der Waals surface area (Å²) in [5, 5.41) is 9.18. The molecule has 1 unspecified atom stereocenters. The fourth-order valence-electron chi connectivity index (χ4n) is 1.73. The second kappa shape index (κ2) is 5.54. The molecule has 0 heterocycles. The number of aromatic hydroxyl groups is 1. The Hall–Kier alpha value is -1.31. The van der Waals surface area contributed by atoms with Gasteiger partial charge in [0.1, 0.15) is 11.5 Å². The van der Waals surface area contributed by atoms with Gasteiger partial charge in [0.2, 0.25) is 0 Å². The molecule has 2 nitrogen and oxygen atoms in total. The first-order chi connectivity index (χ1) is 7.13. The third-order valence-electron chi connectivity index (χ3n) is 2.70. The average molecular weight is 206 g/mol. The van der Waals surface area contributed by atoms with Crippen LogP contribution in [0.5, 0.6) is 5.75 Å². The maximum atomic E-state index is 10.9. The van der Waals surface area contributed by atoms with Gasteiger partial charge in [0, 0.05) is 6.42 Å². The maximum Gasteiger partial charge on any atom is 0.129 e. The molecule has 2 heteroatoms. The molecule has 0 aliphatic carbocycles. The molecule has 1 atom stereocenters. The molecule has 0 saturated carbocycles. The standard InChI is InChI=1S/C13H18O2/c1-3-11(5-4-10(2)14)12-6-8-13(15)9-7-12/h6-9,11,15H,3-5H2,1-2H3. The van der Waals surface area contributed by atoms with Crippen LogP contribution in [0.1, 0.15) is 44.6 Å². The zero-order valence-corrected chi connectivity index (χ0v) is 9.36. The summed E-state index contributed by atoms with van der Waals surface area (Å²) in [5.41, 5.74) is 1.21. The number of Topliss-reactive ketones (excluding diaryl/α,β-unsaturated/α-hetero) is 1. The molecule has 0 radical (unpaired) electrons. The van der Waals surface area contributed by atoms with Gasteiger partial charge in [-0.25, -0.2) is 0 Å². The van der Waals surface area contributed by atoms with E-state index in [0.29, 0.717) is 18.1 Å². The highest BCUT2D eigenvalue weighted by Gasteiger charge is 2.09. The molecule has 0 fully saturated rings. The Bertz CT molecular complexity index is 314. The Balaban J connectivity index is 2.65. The largest absolute Gasteiger partial charge is 0.508 e. The molecule has 1 aromatic rings. The van der Waals surface area contributed by atoms with E-state index < -0.39 is 0 Å². The van der Waals surface area contributed by atoms with E-state index in [-0.39, 0.29) is 5.78 Å². The monoisotopic (exact) mass is 206 g/mol. The van der Waals surface area contributed by atoms with E-state index in [4.69, 9.17) is 0 Å². The SMILES string of the molecule is CCC(CCC(C)=O)c1ccc(O)cc1. The number of hydrogen-bond donors (Lipinski definition) is 1. The lowest BCUT2D eigenvalue weighted by Gasteiger charge is -2.14. The third-order valence-corrected chi connectivity index (χ3v) is 2.70. The zero-order valence-electron chi connectivity index (χ0n) is 9.36. The van der Waals surface area contributed by atoms with Gasteiger partial charge in [-0.3, -0.25) is 0 Å². The number of phenols is 1. The van der Waals surface area contributed by atoms with Gasteiger partial charge in [0.15, 0.2) is 0 Å². The van der Waals surface area contributed by atoms with Gasteiger partial charge in [0.05, 0.1) is 0 Å². The zero-order chi connectivity index (χ0) is 11.3. The van der Waals surface area contributed by atoms with E-state index in [1.54, 1.807) is 19.1 Å². The summed E-state index contributed by atoms with van der Waals surface area (Å²) in [4.78, 5) is 10.9. The number of benzene rings is 1. The van der Waals surface area contributed by atoms with Gasteiger partial charge in [-0.1, -0.05) is 19.1 Å². The summed E-state index contributed by atoms with van der Waals surface area (Å²) in [6.07, 6.45) is 2.56. The van der Waals surface area contributed by atoms with Crippen LogP contribution in [0.15, 0.2) is 24.3 Å². The number of carbonyl (C=O) groups is 1. The van der Waals surface area contributed by atoms with Crippen molar-refractivity contribution in [2.75, 3.05) is 0 Å². The van der Waals surface area contributed by atoms with Crippen LogP contribution >= 0.6 is 0 Å². The van der Waals surface area contributed by atoms with Crippen molar-refractivity contribution in [3.05, 3.63) is 29.8 Å². The molecule has 0 aliphatic heterocycles. The van der Waals surface area contributed by atoms with Gasteiger partial charge in [0.25, 0.3) is 0 Å². The number of carbonyl (C=O) groups excluding carboxylic acids is 1. The van der Waals surface area contributed by atoms with Crippen LogP contribution in [0.2, 0.25) is 0 Å². The summed E-state index contributed by atoms with van der Waals surface area (Å²) < 4.78 is 0. The minimum atomic E-state index is 0.243. The van der Waals surface area contributed by atoms with Crippen LogP contribution in [-0.2, 0) is 4.79 Å². The van der Waals surface area contributed by atoms with Crippen molar-refractivity contribution in [2.45, 2.75) is 39.0 Å². The molecule has 0 aromatic heterocycles. The Morgan fingerprint density at radius 2 is 1.93 bits per heavy atom. The van der Waals surface area contributed by atoms with Gasteiger partial charge in [-0.2, -0.15) is 0 Å². The molecular weight excluding hydrogens is 188 g/mol. The lowest BCUT2D eigenvalue weighted by atomic mass is 9.91. The van der Waals surface area contributed by atoms with Crippen molar-refractivity contribution in [1.82, 2.24) is 0 Å². The third kappa shape index (κ3) is 3.74. The highest BCUT2D eigenvalue weighted by atomic mass is 16.3. The molecule has 0 aliphatic rings. The van der Waals surface area contributed by atoms with E-state index in [0.717, 1.165) is 12.8 Å². The Morgan fingerprint density at radius 3 is 2.40 bits per heavy atom. The van der Waals surface area contributed by atoms with Crippen molar-refractivity contribution < 1.29 is 9.90 Å².